The van der Waals surface area contributed by atoms with Gasteiger partial charge in [0.2, 0.25) is 5.91 Å². The monoisotopic (exact) mass is 300 g/mol. The van der Waals surface area contributed by atoms with Crippen molar-refractivity contribution in [3.63, 3.8) is 0 Å². The molecular weight excluding hydrogens is 287 g/mol. The molecule has 0 unspecified atom stereocenters. The topological polar surface area (TPSA) is 49.4 Å². The van der Waals surface area contributed by atoms with Gasteiger partial charge in [-0.15, -0.1) is 0 Å². The number of nitrogens with one attached hydrogen (secondary N) is 1. The van der Waals surface area contributed by atoms with Crippen molar-refractivity contribution in [3.05, 3.63) is 27.7 Å². The van der Waals surface area contributed by atoms with Gasteiger partial charge in [-0.25, -0.2) is 0 Å². The van der Waals surface area contributed by atoms with Crippen LogP contribution in [-0.4, -0.2) is 18.4 Å². The maximum absolute atomic E-state index is 12.4. The minimum Gasteiger partial charge on any atom is -0.341 e. The molecule has 0 radical (unpaired) electrons. The second kappa shape index (κ2) is 5.39. The molecule has 6 heteroatoms. The highest BCUT2D eigenvalue weighted by molar-refractivity contribution is 6.38. The molecule has 0 saturated carbocycles. The van der Waals surface area contributed by atoms with Crippen molar-refractivity contribution < 1.29 is 9.59 Å². The average molecular weight is 301 g/mol. The summed E-state index contributed by atoms with van der Waals surface area (Å²) in [7, 11) is 0. The Bertz CT molecular complexity index is 546. The van der Waals surface area contributed by atoms with Crippen LogP contribution in [0.5, 0.6) is 0 Å². The van der Waals surface area contributed by atoms with Crippen molar-refractivity contribution in [3.8, 4) is 0 Å². The number of nitrogens with zero attached hydrogens (tertiary/aromatic N) is 1. The van der Waals surface area contributed by atoms with E-state index in [4.69, 9.17) is 23.2 Å². The van der Waals surface area contributed by atoms with Crippen LogP contribution >= 0.6 is 23.2 Å². The minimum atomic E-state index is -0.745. The molecule has 4 nitrogen and oxygen atoms in total. The van der Waals surface area contributed by atoms with E-state index in [0.29, 0.717) is 27.8 Å². The Kier molecular flexibility index (Phi) is 4.02. The number of carbonyl (C=O) groups excluding carboxylic acids is 2. The van der Waals surface area contributed by atoms with Crippen molar-refractivity contribution >= 4 is 40.7 Å². The second-order valence-electron chi connectivity index (χ2n) is 4.41. The Morgan fingerprint density at radius 2 is 2.00 bits per heavy atom. The van der Waals surface area contributed by atoms with Crippen LogP contribution in [0, 0.1) is 0 Å². The quantitative estimate of drug-likeness (QED) is 0.933. The molecule has 1 aromatic carbocycles. The molecular formula is C13H14Cl2N2O2. The number of fused-ring (bicyclic) bond motifs is 1. The lowest BCUT2D eigenvalue weighted by Crippen LogP contribution is -2.37. The molecule has 1 aromatic rings. The largest absolute Gasteiger partial charge is 0.341 e. The van der Waals surface area contributed by atoms with E-state index in [1.165, 1.54) is 6.92 Å². The standard InChI is InChI=1S/C13H14Cl2N2O2/c1-3-6-17-12-9(15)5-4-8(14)10(12)11(13(17)19)16-7(2)18/h4-5,11H,3,6H2,1-2H3,(H,16,18)/t11-/m0/s1. The summed E-state index contributed by atoms with van der Waals surface area (Å²) in [5.41, 5.74) is 1.20. The molecule has 1 aliphatic rings. The lowest BCUT2D eigenvalue weighted by Gasteiger charge is -2.17. The third kappa shape index (κ3) is 2.42. The molecule has 0 fully saturated rings. The zero-order valence-corrected chi connectivity index (χ0v) is 12.2. The Morgan fingerprint density at radius 3 is 2.58 bits per heavy atom. The van der Waals surface area contributed by atoms with Gasteiger partial charge in [0.05, 0.1) is 10.7 Å². The molecule has 0 saturated heterocycles. The number of carbonyl (C=O) groups is 2. The Labute approximate surface area is 121 Å². The van der Waals surface area contributed by atoms with Crippen LogP contribution in [0.2, 0.25) is 10.0 Å². The van der Waals surface area contributed by atoms with E-state index < -0.39 is 6.04 Å². The summed E-state index contributed by atoms with van der Waals surface area (Å²) in [5.74, 6) is -0.472. The zero-order chi connectivity index (χ0) is 14.2. The van der Waals surface area contributed by atoms with Crippen molar-refractivity contribution in [2.24, 2.45) is 0 Å². The molecule has 0 aliphatic carbocycles. The molecule has 102 valence electrons. The maximum Gasteiger partial charge on any atom is 0.254 e. The molecule has 2 rings (SSSR count). The maximum atomic E-state index is 12.4. The molecule has 19 heavy (non-hydrogen) atoms. The zero-order valence-electron chi connectivity index (χ0n) is 10.7. The van der Waals surface area contributed by atoms with Gasteiger partial charge < -0.3 is 10.2 Å². The smallest absolute Gasteiger partial charge is 0.254 e. The first kappa shape index (κ1) is 14.2. The lowest BCUT2D eigenvalue weighted by molar-refractivity contribution is -0.126. The van der Waals surface area contributed by atoms with Crippen LogP contribution in [-0.2, 0) is 9.59 Å². The van der Waals surface area contributed by atoms with Crippen molar-refractivity contribution in [2.75, 3.05) is 11.4 Å². The van der Waals surface area contributed by atoms with Gasteiger partial charge in [-0.3, -0.25) is 9.59 Å². The van der Waals surface area contributed by atoms with Gasteiger partial charge in [-0.2, -0.15) is 0 Å². The second-order valence-corrected chi connectivity index (χ2v) is 5.23. The van der Waals surface area contributed by atoms with Crippen LogP contribution in [0.4, 0.5) is 5.69 Å². The molecule has 2 amide bonds. The van der Waals surface area contributed by atoms with Crippen LogP contribution in [0.3, 0.4) is 0 Å². The van der Waals surface area contributed by atoms with Gasteiger partial charge >= 0.3 is 0 Å². The third-order valence-electron chi connectivity index (χ3n) is 2.98. The van der Waals surface area contributed by atoms with Crippen molar-refractivity contribution in [2.45, 2.75) is 26.3 Å². The van der Waals surface area contributed by atoms with Gasteiger partial charge in [0.15, 0.2) is 0 Å². The number of anilines is 1. The van der Waals surface area contributed by atoms with Gasteiger partial charge in [0.25, 0.3) is 5.91 Å². The van der Waals surface area contributed by atoms with E-state index in [0.717, 1.165) is 6.42 Å². The molecule has 1 N–H and O–H groups in total. The first-order chi connectivity index (χ1) is 8.97. The predicted molar refractivity (Wildman–Crippen MR) is 75.7 cm³/mol. The number of amides is 2. The van der Waals surface area contributed by atoms with E-state index in [1.807, 2.05) is 6.92 Å². The fraction of sp³-hybridized carbons (Fsp3) is 0.385. The normalized spacial score (nSPS) is 17.6. The Hall–Kier alpha value is -1.26. The summed E-state index contributed by atoms with van der Waals surface area (Å²) in [6, 6.07) is 2.56. The van der Waals surface area contributed by atoms with Crippen LogP contribution in [0.1, 0.15) is 31.9 Å². The van der Waals surface area contributed by atoms with Crippen molar-refractivity contribution in [1.29, 1.82) is 0 Å². The van der Waals surface area contributed by atoms with Crippen LogP contribution in [0.15, 0.2) is 12.1 Å². The molecule has 0 spiro atoms. The third-order valence-corrected chi connectivity index (χ3v) is 3.62. The van der Waals surface area contributed by atoms with Crippen molar-refractivity contribution in [1.82, 2.24) is 5.32 Å². The fourth-order valence-corrected chi connectivity index (χ4v) is 2.81. The van der Waals surface area contributed by atoms with Crippen LogP contribution < -0.4 is 10.2 Å². The summed E-state index contributed by atoms with van der Waals surface area (Å²) in [4.78, 5) is 25.2. The molecule has 1 heterocycles. The number of rotatable bonds is 3. The summed E-state index contributed by atoms with van der Waals surface area (Å²) in [6.45, 7) is 3.88. The first-order valence-electron chi connectivity index (χ1n) is 6.03. The highest BCUT2D eigenvalue weighted by Gasteiger charge is 2.40. The minimum absolute atomic E-state index is 0.193. The summed E-state index contributed by atoms with van der Waals surface area (Å²) in [6.07, 6.45) is 0.792. The van der Waals surface area contributed by atoms with E-state index in [1.54, 1.807) is 17.0 Å². The van der Waals surface area contributed by atoms with E-state index in [-0.39, 0.29) is 11.8 Å². The Balaban J connectivity index is 2.56. The summed E-state index contributed by atoms with van der Waals surface area (Å²) in [5, 5.41) is 3.53. The van der Waals surface area contributed by atoms with Gasteiger partial charge in [-0.05, 0) is 18.6 Å². The molecule has 1 aliphatic heterocycles. The average Bonchev–Trinajstić information content (AvgIpc) is 2.60. The van der Waals surface area contributed by atoms with E-state index in [2.05, 4.69) is 5.32 Å². The Morgan fingerprint density at radius 1 is 1.37 bits per heavy atom. The van der Waals surface area contributed by atoms with Gasteiger partial charge in [0, 0.05) is 24.1 Å². The predicted octanol–water partition coefficient (Wildman–Crippen LogP) is 2.93. The van der Waals surface area contributed by atoms with Crippen LogP contribution in [0.25, 0.3) is 0 Å². The SMILES string of the molecule is CCCN1C(=O)[C@@H](NC(C)=O)c2c(Cl)ccc(Cl)c21. The number of hydrogen-bond acceptors (Lipinski definition) is 2. The molecule has 0 bridgehead atoms. The summed E-state index contributed by atoms with van der Waals surface area (Å²) >= 11 is 12.3. The van der Waals surface area contributed by atoms with E-state index in [9.17, 15) is 9.59 Å². The summed E-state index contributed by atoms with van der Waals surface area (Å²) < 4.78 is 0. The van der Waals surface area contributed by atoms with E-state index >= 15 is 0 Å². The number of halogens is 2. The first-order valence-corrected chi connectivity index (χ1v) is 6.79. The number of benzene rings is 1. The lowest BCUT2D eigenvalue weighted by atomic mass is 10.1. The van der Waals surface area contributed by atoms with Gasteiger partial charge in [-0.1, -0.05) is 30.1 Å². The highest BCUT2D eigenvalue weighted by atomic mass is 35.5. The van der Waals surface area contributed by atoms with Gasteiger partial charge in [0.1, 0.15) is 6.04 Å². The highest BCUT2D eigenvalue weighted by Crippen LogP contribution is 2.44. The molecule has 0 aromatic heterocycles. The number of hydrogen-bond donors (Lipinski definition) is 1. The molecule has 1 atom stereocenters. The fourth-order valence-electron chi connectivity index (χ4n) is 2.28.